The van der Waals surface area contributed by atoms with Gasteiger partial charge in [-0.3, -0.25) is 0 Å². The van der Waals surface area contributed by atoms with Gasteiger partial charge >= 0.3 is 6.01 Å². The molecule has 1 N–H and O–H groups in total. The Morgan fingerprint density at radius 1 is 1.31 bits per heavy atom. The molecule has 1 aromatic carbocycles. The average Bonchev–Trinajstić information content (AvgIpc) is 2.76. The monoisotopic (exact) mass is 235 g/mol. The Kier molecular flexibility index (Phi) is 3.46. The Morgan fingerprint density at radius 3 is 2.69 bits per heavy atom. The average molecular weight is 235 g/mol. The summed E-state index contributed by atoms with van der Waals surface area (Å²) < 4.78 is 4.94. The largest absolute Gasteiger partial charge is 0.341 e. The van der Waals surface area contributed by atoms with Gasteiger partial charge in [-0.15, -0.1) is 11.8 Å². The van der Waals surface area contributed by atoms with Gasteiger partial charge in [-0.05, 0) is 19.1 Å². The van der Waals surface area contributed by atoms with Crippen molar-refractivity contribution in [1.29, 1.82) is 0 Å². The van der Waals surface area contributed by atoms with Crippen molar-refractivity contribution >= 4 is 17.8 Å². The summed E-state index contributed by atoms with van der Waals surface area (Å²) >= 11 is 1.69. The molecule has 0 spiro atoms. The molecule has 1 aromatic heterocycles. The van der Waals surface area contributed by atoms with Crippen molar-refractivity contribution in [1.82, 2.24) is 10.1 Å². The minimum Gasteiger partial charge on any atom is -0.341 e. The number of anilines is 1. The van der Waals surface area contributed by atoms with Gasteiger partial charge in [0.2, 0.25) is 0 Å². The lowest BCUT2D eigenvalue weighted by molar-refractivity contribution is 0.427. The summed E-state index contributed by atoms with van der Waals surface area (Å²) in [5.74, 6) is 1.42. The van der Waals surface area contributed by atoms with Gasteiger partial charge in [0.25, 0.3) is 0 Å². The van der Waals surface area contributed by atoms with Crippen LogP contribution < -0.4 is 5.32 Å². The first-order valence-corrected chi connectivity index (χ1v) is 5.96. The number of nitrogens with zero attached hydrogens (tertiary/aromatic N) is 2. The molecule has 0 atom stereocenters. The lowest BCUT2D eigenvalue weighted by Gasteiger charge is -1.98. The Morgan fingerprint density at radius 2 is 2.06 bits per heavy atom. The van der Waals surface area contributed by atoms with Crippen molar-refractivity contribution in [3.63, 3.8) is 0 Å². The van der Waals surface area contributed by atoms with Gasteiger partial charge in [0.15, 0.2) is 5.82 Å². The van der Waals surface area contributed by atoms with Gasteiger partial charge in [-0.25, -0.2) is 0 Å². The number of thioether (sulfide) groups is 1. The normalized spacial score (nSPS) is 10.4. The molecule has 16 heavy (non-hydrogen) atoms. The lowest BCUT2D eigenvalue weighted by Crippen LogP contribution is -1.88. The highest BCUT2D eigenvalue weighted by molar-refractivity contribution is 7.98. The number of hydrogen-bond acceptors (Lipinski definition) is 5. The second-order valence-electron chi connectivity index (χ2n) is 3.37. The van der Waals surface area contributed by atoms with Crippen molar-refractivity contribution < 1.29 is 4.52 Å². The van der Waals surface area contributed by atoms with E-state index >= 15 is 0 Å². The molecule has 0 radical (unpaired) electrons. The Balaban J connectivity index is 1.94. The minimum absolute atomic E-state index is 0.458. The summed E-state index contributed by atoms with van der Waals surface area (Å²) in [5, 5.41) is 6.65. The van der Waals surface area contributed by atoms with E-state index in [2.05, 4.69) is 46.6 Å². The fourth-order valence-corrected chi connectivity index (χ4v) is 1.94. The van der Waals surface area contributed by atoms with Crippen LogP contribution in [0.2, 0.25) is 0 Å². The van der Waals surface area contributed by atoms with Gasteiger partial charge < -0.3 is 9.84 Å². The maximum Gasteiger partial charge on any atom is 0.321 e. The van der Waals surface area contributed by atoms with Crippen LogP contribution in [0.25, 0.3) is 0 Å². The zero-order valence-electron chi connectivity index (χ0n) is 9.23. The molecule has 5 heteroatoms. The molecule has 2 rings (SSSR count). The molecule has 0 unspecified atom stereocenters. The molecule has 0 bridgehead atoms. The van der Waals surface area contributed by atoms with E-state index in [1.807, 2.05) is 0 Å². The van der Waals surface area contributed by atoms with E-state index in [0.29, 0.717) is 17.6 Å². The SMILES string of the molecule is CNc1nc(CSc2ccc(C)cc2)no1. The van der Waals surface area contributed by atoms with E-state index in [0.717, 1.165) is 0 Å². The van der Waals surface area contributed by atoms with Crippen molar-refractivity contribution in [2.45, 2.75) is 17.6 Å². The molecule has 84 valence electrons. The van der Waals surface area contributed by atoms with Crippen LogP contribution in [0, 0.1) is 6.92 Å². The Labute approximate surface area is 98.4 Å². The Bertz CT molecular complexity index is 453. The first-order chi connectivity index (χ1) is 7.78. The summed E-state index contributed by atoms with van der Waals surface area (Å²) in [6.45, 7) is 2.08. The maximum atomic E-state index is 4.94. The van der Waals surface area contributed by atoms with Crippen LogP contribution in [0.4, 0.5) is 6.01 Å². The highest BCUT2D eigenvalue weighted by Gasteiger charge is 2.04. The van der Waals surface area contributed by atoms with Crippen molar-refractivity contribution in [3.8, 4) is 0 Å². The van der Waals surface area contributed by atoms with Crippen molar-refractivity contribution in [3.05, 3.63) is 35.7 Å². The zero-order valence-corrected chi connectivity index (χ0v) is 10.0. The third kappa shape index (κ3) is 2.76. The number of aromatic nitrogens is 2. The smallest absolute Gasteiger partial charge is 0.321 e. The second kappa shape index (κ2) is 5.03. The molecule has 0 aliphatic rings. The molecule has 0 aliphatic carbocycles. The van der Waals surface area contributed by atoms with E-state index in [-0.39, 0.29) is 0 Å². The van der Waals surface area contributed by atoms with Crippen LogP contribution in [-0.4, -0.2) is 17.2 Å². The standard InChI is InChI=1S/C11H13N3OS/c1-8-3-5-9(6-4-8)16-7-10-13-11(12-2)15-14-10/h3-6H,7H2,1-2H3,(H,12,13,14). The van der Waals surface area contributed by atoms with Crippen LogP contribution in [-0.2, 0) is 5.75 Å². The molecule has 0 fully saturated rings. The van der Waals surface area contributed by atoms with Crippen LogP contribution in [0.1, 0.15) is 11.4 Å². The third-order valence-electron chi connectivity index (χ3n) is 2.07. The molecule has 1 heterocycles. The molecule has 2 aromatic rings. The molecule has 0 saturated carbocycles. The van der Waals surface area contributed by atoms with E-state index < -0.39 is 0 Å². The predicted octanol–water partition coefficient (Wildman–Crippen LogP) is 2.71. The lowest BCUT2D eigenvalue weighted by atomic mass is 10.2. The quantitative estimate of drug-likeness (QED) is 0.826. The second-order valence-corrected chi connectivity index (χ2v) is 4.42. The van der Waals surface area contributed by atoms with Gasteiger partial charge in [0.05, 0.1) is 5.75 Å². The topological polar surface area (TPSA) is 51.0 Å². The first-order valence-electron chi connectivity index (χ1n) is 4.98. The van der Waals surface area contributed by atoms with Crippen LogP contribution in [0.3, 0.4) is 0 Å². The van der Waals surface area contributed by atoms with E-state index in [4.69, 9.17) is 4.52 Å². The summed E-state index contributed by atoms with van der Waals surface area (Å²) in [6, 6.07) is 8.84. The van der Waals surface area contributed by atoms with Crippen molar-refractivity contribution in [2.75, 3.05) is 12.4 Å². The summed E-state index contributed by atoms with van der Waals surface area (Å²) in [5.41, 5.74) is 1.27. The number of hydrogen-bond donors (Lipinski definition) is 1. The first kappa shape index (κ1) is 11.0. The predicted molar refractivity (Wildman–Crippen MR) is 64.6 cm³/mol. The van der Waals surface area contributed by atoms with Crippen molar-refractivity contribution in [2.24, 2.45) is 0 Å². The highest BCUT2D eigenvalue weighted by Crippen LogP contribution is 2.22. The van der Waals surface area contributed by atoms with E-state index in [1.54, 1.807) is 18.8 Å². The van der Waals surface area contributed by atoms with Gasteiger partial charge in [-0.2, -0.15) is 4.98 Å². The van der Waals surface area contributed by atoms with Crippen LogP contribution >= 0.6 is 11.8 Å². The summed E-state index contributed by atoms with van der Waals surface area (Å²) in [6.07, 6.45) is 0. The van der Waals surface area contributed by atoms with Gasteiger partial charge in [-0.1, -0.05) is 22.9 Å². The molecule has 0 amide bonds. The van der Waals surface area contributed by atoms with E-state index in [9.17, 15) is 0 Å². The van der Waals surface area contributed by atoms with Crippen LogP contribution in [0.5, 0.6) is 0 Å². The number of rotatable bonds is 4. The maximum absolute atomic E-state index is 4.94. The Hall–Kier alpha value is -1.49. The molecule has 0 aliphatic heterocycles. The molecule has 4 nitrogen and oxygen atoms in total. The number of aryl methyl sites for hydroxylation is 1. The van der Waals surface area contributed by atoms with E-state index in [1.165, 1.54) is 10.5 Å². The minimum atomic E-state index is 0.458. The third-order valence-corrected chi connectivity index (χ3v) is 3.08. The summed E-state index contributed by atoms with van der Waals surface area (Å²) in [7, 11) is 1.75. The summed E-state index contributed by atoms with van der Waals surface area (Å²) in [4.78, 5) is 5.36. The molecular weight excluding hydrogens is 222 g/mol. The fourth-order valence-electron chi connectivity index (χ4n) is 1.20. The highest BCUT2D eigenvalue weighted by atomic mass is 32.2. The van der Waals surface area contributed by atoms with Gasteiger partial charge in [0, 0.05) is 11.9 Å². The molecule has 0 saturated heterocycles. The van der Waals surface area contributed by atoms with Gasteiger partial charge in [0.1, 0.15) is 0 Å². The number of benzene rings is 1. The van der Waals surface area contributed by atoms with Crippen LogP contribution in [0.15, 0.2) is 33.7 Å². The fraction of sp³-hybridized carbons (Fsp3) is 0.273. The number of nitrogens with one attached hydrogen (secondary N) is 1. The molecular formula is C11H13N3OS. The zero-order chi connectivity index (χ0) is 11.4.